The van der Waals surface area contributed by atoms with Gasteiger partial charge in [0, 0.05) is 30.1 Å². The molecule has 32 heavy (non-hydrogen) atoms. The van der Waals surface area contributed by atoms with Gasteiger partial charge >= 0.3 is 0 Å². The first kappa shape index (κ1) is 21.6. The second-order valence-corrected chi connectivity index (χ2v) is 8.37. The molecule has 0 aliphatic rings. The van der Waals surface area contributed by atoms with Gasteiger partial charge in [-0.3, -0.25) is 9.59 Å². The van der Waals surface area contributed by atoms with Gasteiger partial charge in [-0.25, -0.2) is 4.98 Å². The Labute approximate surface area is 191 Å². The highest BCUT2D eigenvalue weighted by Crippen LogP contribution is 2.27. The van der Waals surface area contributed by atoms with Crippen LogP contribution in [0, 0.1) is 0 Å². The number of benzene rings is 3. The van der Waals surface area contributed by atoms with Crippen molar-refractivity contribution in [2.75, 3.05) is 16.4 Å². The van der Waals surface area contributed by atoms with Gasteiger partial charge in [-0.15, -0.1) is 0 Å². The number of fused-ring (bicyclic) bond motifs is 1. The summed E-state index contributed by atoms with van der Waals surface area (Å²) in [5.74, 6) is -0.0507. The number of hydrogen-bond acceptors (Lipinski definition) is 4. The molecule has 0 bridgehead atoms. The number of hydrogen-bond donors (Lipinski definition) is 2. The van der Waals surface area contributed by atoms with E-state index in [9.17, 15) is 9.59 Å². The van der Waals surface area contributed by atoms with E-state index in [1.807, 2.05) is 36.4 Å². The molecule has 0 unspecified atom stereocenters. The molecule has 0 saturated heterocycles. The number of nitrogens with one attached hydrogen (secondary N) is 2. The molecule has 0 fully saturated rings. The molecule has 1 heterocycles. The first-order valence-corrected chi connectivity index (χ1v) is 11.3. The second kappa shape index (κ2) is 10.1. The molecule has 3 aromatic carbocycles. The highest BCUT2D eigenvalue weighted by Gasteiger charge is 2.12. The van der Waals surface area contributed by atoms with Crippen molar-refractivity contribution >= 4 is 45.9 Å². The summed E-state index contributed by atoms with van der Waals surface area (Å²) in [7, 11) is 0. The summed E-state index contributed by atoms with van der Waals surface area (Å²) in [6.07, 6.45) is 0.751. The van der Waals surface area contributed by atoms with Crippen LogP contribution in [0.4, 0.5) is 11.4 Å². The topological polar surface area (TPSA) is 71.1 Å². The molecular formula is C26H23N3O2S. The van der Waals surface area contributed by atoms with E-state index in [0.29, 0.717) is 11.4 Å². The first-order valence-electron chi connectivity index (χ1n) is 10.3. The molecule has 2 amide bonds. The summed E-state index contributed by atoms with van der Waals surface area (Å²) in [6, 6.07) is 27.5. The summed E-state index contributed by atoms with van der Waals surface area (Å²) in [5.41, 5.74) is 4.49. The van der Waals surface area contributed by atoms with Crippen LogP contribution in [0.5, 0.6) is 0 Å². The minimum Gasteiger partial charge on any atom is -0.326 e. The number of carbonyl (C=O) groups excluding carboxylic acids is 2. The highest BCUT2D eigenvalue weighted by atomic mass is 32.2. The number of aromatic nitrogens is 1. The maximum atomic E-state index is 12.6. The summed E-state index contributed by atoms with van der Waals surface area (Å²) in [6.45, 7) is 1.45. The van der Waals surface area contributed by atoms with E-state index in [2.05, 4.69) is 34.9 Å². The fraction of sp³-hybridized carbons (Fsp3) is 0.115. The van der Waals surface area contributed by atoms with E-state index in [0.717, 1.165) is 27.9 Å². The molecule has 4 rings (SSSR count). The zero-order chi connectivity index (χ0) is 22.3. The molecule has 160 valence electrons. The molecule has 0 aliphatic carbocycles. The van der Waals surface area contributed by atoms with Crippen molar-refractivity contribution in [2.24, 2.45) is 0 Å². The molecule has 1 aromatic heterocycles. The Morgan fingerprint density at radius 3 is 2.34 bits per heavy atom. The molecule has 0 atom stereocenters. The number of para-hydroxylation sites is 1. The Balaban J connectivity index is 1.50. The van der Waals surface area contributed by atoms with Crippen molar-refractivity contribution in [3.63, 3.8) is 0 Å². The van der Waals surface area contributed by atoms with E-state index in [-0.39, 0.29) is 17.6 Å². The molecule has 4 aromatic rings. The Morgan fingerprint density at radius 2 is 1.56 bits per heavy atom. The van der Waals surface area contributed by atoms with E-state index in [1.165, 1.54) is 24.2 Å². The maximum absolute atomic E-state index is 12.6. The average Bonchev–Trinajstić information content (AvgIpc) is 2.78. The number of pyridine rings is 1. The van der Waals surface area contributed by atoms with Gasteiger partial charge in [0.1, 0.15) is 5.03 Å². The van der Waals surface area contributed by atoms with E-state index in [1.54, 1.807) is 24.3 Å². The maximum Gasteiger partial charge on any atom is 0.234 e. The Morgan fingerprint density at radius 1 is 0.844 bits per heavy atom. The lowest BCUT2D eigenvalue weighted by Crippen LogP contribution is -2.15. The minimum absolute atomic E-state index is 0.129. The quantitative estimate of drug-likeness (QED) is 0.371. The van der Waals surface area contributed by atoms with Crippen LogP contribution in [0.3, 0.4) is 0 Å². The van der Waals surface area contributed by atoms with Crippen LogP contribution in [0.2, 0.25) is 0 Å². The van der Waals surface area contributed by atoms with Gasteiger partial charge in [0.15, 0.2) is 0 Å². The predicted molar refractivity (Wildman–Crippen MR) is 131 cm³/mol. The van der Waals surface area contributed by atoms with Gasteiger partial charge in [0.2, 0.25) is 11.8 Å². The third-order valence-electron chi connectivity index (χ3n) is 4.81. The minimum atomic E-state index is -0.155. The van der Waals surface area contributed by atoms with Crippen LogP contribution in [-0.4, -0.2) is 22.6 Å². The molecular weight excluding hydrogens is 418 g/mol. The lowest BCUT2D eigenvalue weighted by atomic mass is 10.0. The number of amides is 2. The Kier molecular flexibility index (Phi) is 6.82. The van der Waals surface area contributed by atoms with Crippen LogP contribution < -0.4 is 10.6 Å². The van der Waals surface area contributed by atoms with E-state index in [4.69, 9.17) is 4.98 Å². The predicted octanol–water partition coefficient (Wildman–Crippen LogP) is 5.51. The zero-order valence-electron chi connectivity index (χ0n) is 17.7. The van der Waals surface area contributed by atoms with Crippen LogP contribution in [0.25, 0.3) is 10.9 Å². The third-order valence-corrected chi connectivity index (χ3v) is 5.84. The Bertz CT molecular complexity index is 1260. The average molecular weight is 442 g/mol. The van der Waals surface area contributed by atoms with Crippen LogP contribution in [-0.2, 0) is 16.0 Å². The van der Waals surface area contributed by atoms with E-state index < -0.39 is 0 Å². The standard InChI is InChI=1S/C26H23N3O2S/c1-18(30)27-22-11-7-12-23(16-22)28-25(31)17-32-26-21(14-19-8-3-2-4-9-19)15-20-10-5-6-13-24(20)29-26/h2-13,15-16H,14,17H2,1H3,(H,27,30)(H,28,31). The number of rotatable bonds is 7. The summed E-state index contributed by atoms with van der Waals surface area (Å²) in [4.78, 5) is 28.7. The number of thioether (sulfide) groups is 1. The van der Waals surface area contributed by atoms with Crippen molar-refractivity contribution in [3.8, 4) is 0 Å². The summed E-state index contributed by atoms with van der Waals surface area (Å²) in [5, 5.41) is 7.55. The second-order valence-electron chi connectivity index (χ2n) is 7.41. The first-order chi connectivity index (χ1) is 15.6. The third kappa shape index (κ3) is 5.74. The van der Waals surface area contributed by atoms with Crippen molar-refractivity contribution in [2.45, 2.75) is 18.4 Å². The zero-order valence-corrected chi connectivity index (χ0v) is 18.5. The van der Waals surface area contributed by atoms with Crippen molar-refractivity contribution in [1.29, 1.82) is 0 Å². The summed E-state index contributed by atoms with van der Waals surface area (Å²) >= 11 is 1.43. The van der Waals surface area contributed by atoms with Gasteiger partial charge in [-0.1, -0.05) is 66.4 Å². The monoisotopic (exact) mass is 441 g/mol. The molecule has 0 aliphatic heterocycles. The van der Waals surface area contributed by atoms with Crippen molar-refractivity contribution in [1.82, 2.24) is 4.98 Å². The smallest absolute Gasteiger partial charge is 0.234 e. The molecule has 2 N–H and O–H groups in total. The fourth-order valence-electron chi connectivity index (χ4n) is 3.42. The molecule has 0 spiro atoms. The lowest BCUT2D eigenvalue weighted by molar-refractivity contribution is -0.114. The van der Waals surface area contributed by atoms with Crippen molar-refractivity contribution in [3.05, 3.63) is 96.1 Å². The highest BCUT2D eigenvalue weighted by molar-refractivity contribution is 8.00. The normalized spacial score (nSPS) is 10.7. The van der Waals surface area contributed by atoms with Crippen LogP contribution >= 0.6 is 11.8 Å². The molecule has 0 radical (unpaired) electrons. The van der Waals surface area contributed by atoms with Crippen LogP contribution in [0.1, 0.15) is 18.1 Å². The molecule has 0 saturated carbocycles. The fourth-order valence-corrected chi connectivity index (χ4v) is 4.24. The van der Waals surface area contributed by atoms with Gasteiger partial charge in [0.25, 0.3) is 0 Å². The van der Waals surface area contributed by atoms with Crippen LogP contribution in [0.15, 0.2) is 90.0 Å². The number of anilines is 2. The lowest BCUT2D eigenvalue weighted by Gasteiger charge is -2.11. The van der Waals surface area contributed by atoms with E-state index >= 15 is 0 Å². The Hall–Kier alpha value is -3.64. The molecule has 5 nitrogen and oxygen atoms in total. The van der Waals surface area contributed by atoms with Gasteiger partial charge in [-0.2, -0.15) is 0 Å². The van der Waals surface area contributed by atoms with Gasteiger partial charge < -0.3 is 10.6 Å². The SMILES string of the molecule is CC(=O)Nc1cccc(NC(=O)CSc2nc3ccccc3cc2Cc2ccccc2)c1. The van der Waals surface area contributed by atoms with Gasteiger partial charge in [-0.05, 0) is 41.5 Å². The van der Waals surface area contributed by atoms with Gasteiger partial charge in [0.05, 0.1) is 11.3 Å². The van der Waals surface area contributed by atoms with Crippen molar-refractivity contribution < 1.29 is 9.59 Å². The number of carbonyl (C=O) groups is 2. The summed E-state index contributed by atoms with van der Waals surface area (Å²) < 4.78 is 0. The molecule has 6 heteroatoms. The largest absolute Gasteiger partial charge is 0.326 e. The number of nitrogens with zero attached hydrogens (tertiary/aromatic N) is 1.